The van der Waals surface area contributed by atoms with Gasteiger partial charge in [-0.05, 0) is 19.3 Å². The molecule has 50 heavy (non-hydrogen) atoms. The number of carbonyl (C=O) groups excluding carboxylic acids is 5. The summed E-state index contributed by atoms with van der Waals surface area (Å²) in [4.78, 5) is 65.7. The van der Waals surface area contributed by atoms with E-state index in [9.17, 15) is 42.0 Å². The van der Waals surface area contributed by atoms with E-state index in [4.69, 9.17) is 9.47 Å². The summed E-state index contributed by atoms with van der Waals surface area (Å²) in [6, 6.07) is -4.71. The molecule has 0 saturated carbocycles. The molecule has 8 atom stereocenters. The zero-order valence-corrected chi connectivity index (χ0v) is 31.6. The molecule has 5 N–H and O–H groups in total. The molecule has 0 radical (unpaired) electrons. The Bertz CT molecular complexity index is 1200. The SMILES string of the molecule is CCCCCCCCCCCCC[C@H](O)[C@@H](C)[C@H]1OC(=O)[C@H](COC(C)=O)NC(=O)[C@H]([C@H](C)OS(=O)(=O)O)NC(=O)[C@H](C(C)C)NC(=O)[C@H]1C. The number of nitrogens with one attached hydrogen (secondary N) is 3. The molecule has 0 spiro atoms. The van der Waals surface area contributed by atoms with Gasteiger partial charge in [-0.3, -0.25) is 23.7 Å². The Hall–Kier alpha value is -2.82. The van der Waals surface area contributed by atoms with Crippen molar-refractivity contribution in [2.45, 2.75) is 162 Å². The maximum Gasteiger partial charge on any atom is 0.397 e. The van der Waals surface area contributed by atoms with Crippen molar-refractivity contribution in [2.75, 3.05) is 6.61 Å². The fraction of sp³-hybridized carbons (Fsp3) is 0.853. The van der Waals surface area contributed by atoms with Gasteiger partial charge in [0.25, 0.3) is 0 Å². The highest BCUT2D eigenvalue weighted by Crippen LogP contribution is 2.25. The van der Waals surface area contributed by atoms with E-state index < -0.39 is 101 Å². The second-order valence-electron chi connectivity index (χ2n) is 13.8. The number of rotatable bonds is 20. The Morgan fingerprint density at radius 2 is 1.32 bits per heavy atom. The number of esters is 2. The van der Waals surface area contributed by atoms with Crippen LogP contribution in [0.2, 0.25) is 0 Å². The largest absolute Gasteiger partial charge is 0.463 e. The lowest BCUT2D eigenvalue weighted by atomic mass is 9.86. The molecule has 1 aliphatic heterocycles. The zero-order chi connectivity index (χ0) is 38.0. The molecule has 1 rings (SSSR count). The van der Waals surface area contributed by atoms with Crippen LogP contribution in [0.15, 0.2) is 0 Å². The molecular formula is C34H61N3O12S. The van der Waals surface area contributed by atoms with Crippen LogP contribution in [0.25, 0.3) is 0 Å². The normalized spacial score (nSPS) is 24.4. The van der Waals surface area contributed by atoms with Crippen molar-refractivity contribution in [3.8, 4) is 0 Å². The number of hydrogen-bond donors (Lipinski definition) is 5. The number of aliphatic hydroxyl groups is 1. The third-order valence-corrected chi connectivity index (χ3v) is 9.56. The molecule has 1 saturated heterocycles. The fourth-order valence-electron chi connectivity index (χ4n) is 5.87. The number of hydrogen-bond acceptors (Lipinski definition) is 11. The Kier molecular flexibility index (Phi) is 20.7. The molecule has 0 aromatic rings. The Balaban J connectivity index is 3.23. The molecule has 15 nitrogen and oxygen atoms in total. The number of aliphatic hydroxyl groups excluding tert-OH is 1. The molecule has 1 aliphatic rings. The van der Waals surface area contributed by atoms with Crippen molar-refractivity contribution in [1.82, 2.24) is 16.0 Å². The molecule has 0 aromatic carbocycles. The molecule has 0 unspecified atom stereocenters. The van der Waals surface area contributed by atoms with Crippen molar-refractivity contribution in [3.05, 3.63) is 0 Å². The number of amides is 3. The summed E-state index contributed by atoms with van der Waals surface area (Å²) in [5, 5.41) is 18.4. The smallest absolute Gasteiger partial charge is 0.397 e. The summed E-state index contributed by atoms with van der Waals surface area (Å²) in [5.74, 6) is -6.96. The highest BCUT2D eigenvalue weighted by atomic mass is 32.3. The van der Waals surface area contributed by atoms with Crippen LogP contribution in [0.5, 0.6) is 0 Å². The van der Waals surface area contributed by atoms with Crippen LogP contribution >= 0.6 is 0 Å². The Morgan fingerprint density at radius 3 is 1.82 bits per heavy atom. The second kappa shape index (κ2) is 22.9. The molecule has 3 amide bonds. The molecule has 290 valence electrons. The van der Waals surface area contributed by atoms with E-state index in [-0.39, 0.29) is 0 Å². The van der Waals surface area contributed by atoms with Crippen LogP contribution in [0.1, 0.15) is 126 Å². The standard InChI is InChI=1S/C34H61N3O12S/c1-8-9-10-11-12-13-14-15-16-17-18-19-27(39)22(4)30-23(5)31(40)36-28(21(2)3)32(41)37-29(24(6)49-50(44,45)46)33(42)35-26(34(43)48-30)20-47-25(7)38/h21-24,26-30,39H,8-20H2,1-7H3,(H,35,42)(H,36,40)(H,37,41)(H,44,45,46)/t22-,23+,24+,26+,27+,28+,29+,30-/m1/s1. The van der Waals surface area contributed by atoms with Gasteiger partial charge in [-0.15, -0.1) is 0 Å². The maximum absolute atomic E-state index is 13.6. The van der Waals surface area contributed by atoms with Gasteiger partial charge in [0.2, 0.25) is 17.7 Å². The van der Waals surface area contributed by atoms with E-state index in [1.54, 1.807) is 20.8 Å². The van der Waals surface area contributed by atoms with E-state index in [0.29, 0.717) is 6.42 Å². The van der Waals surface area contributed by atoms with E-state index >= 15 is 0 Å². The first-order chi connectivity index (χ1) is 23.4. The molecule has 0 aliphatic carbocycles. The van der Waals surface area contributed by atoms with E-state index in [0.717, 1.165) is 39.5 Å². The topological polar surface area (TPSA) is 224 Å². The first-order valence-electron chi connectivity index (χ1n) is 18.0. The summed E-state index contributed by atoms with van der Waals surface area (Å²) in [5.41, 5.74) is 0. The second-order valence-corrected chi connectivity index (χ2v) is 14.8. The lowest BCUT2D eigenvalue weighted by Crippen LogP contribution is -2.60. The third-order valence-electron chi connectivity index (χ3n) is 9.01. The van der Waals surface area contributed by atoms with Crippen molar-refractivity contribution in [1.29, 1.82) is 0 Å². The third kappa shape index (κ3) is 16.9. The molecule has 1 heterocycles. The highest BCUT2D eigenvalue weighted by Gasteiger charge is 2.42. The van der Waals surface area contributed by atoms with Crippen molar-refractivity contribution in [3.63, 3.8) is 0 Å². The van der Waals surface area contributed by atoms with Crippen molar-refractivity contribution in [2.24, 2.45) is 17.8 Å². The van der Waals surface area contributed by atoms with Crippen LogP contribution < -0.4 is 16.0 Å². The summed E-state index contributed by atoms with van der Waals surface area (Å²) in [6.07, 6.45) is 8.96. The number of unbranched alkanes of at least 4 members (excludes halogenated alkanes) is 10. The summed E-state index contributed by atoms with van der Waals surface area (Å²) in [6.45, 7) is 10.0. The van der Waals surface area contributed by atoms with Gasteiger partial charge in [0.1, 0.15) is 30.9 Å². The van der Waals surface area contributed by atoms with Crippen molar-refractivity contribution >= 4 is 40.1 Å². The maximum atomic E-state index is 13.6. The quantitative estimate of drug-likeness (QED) is 0.0691. The highest BCUT2D eigenvalue weighted by molar-refractivity contribution is 7.80. The van der Waals surface area contributed by atoms with Gasteiger partial charge in [-0.1, -0.05) is 105 Å². The number of cyclic esters (lactones) is 1. The van der Waals surface area contributed by atoms with Gasteiger partial charge < -0.3 is 30.5 Å². The van der Waals surface area contributed by atoms with Crippen LogP contribution in [0.4, 0.5) is 0 Å². The van der Waals surface area contributed by atoms with Gasteiger partial charge in [-0.25, -0.2) is 8.98 Å². The molecule has 0 bridgehead atoms. The zero-order valence-electron chi connectivity index (χ0n) is 30.8. The monoisotopic (exact) mass is 735 g/mol. The van der Waals surface area contributed by atoms with E-state index in [2.05, 4.69) is 27.1 Å². The lowest BCUT2D eigenvalue weighted by molar-refractivity contribution is -0.166. The van der Waals surface area contributed by atoms with Crippen LogP contribution in [-0.2, 0) is 48.0 Å². The van der Waals surface area contributed by atoms with E-state index in [1.165, 1.54) is 51.9 Å². The van der Waals surface area contributed by atoms with E-state index in [1.807, 2.05) is 0 Å². The first-order valence-corrected chi connectivity index (χ1v) is 19.3. The predicted octanol–water partition coefficient (Wildman–Crippen LogP) is 3.13. The minimum absolute atomic E-state index is 0.387. The lowest BCUT2D eigenvalue weighted by Gasteiger charge is -2.33. The van der Waals surface area contributed by atoms with Crippen LogP contribution in [-0.4, -0.2) is 90.8 Å². The molecule has 0 aromatic heterocycles. The summed E-state index contributed by atoms with van der Waals surface area (Å²) in [7, 11) is -5.09. The van der Waals surface area contributed by atoms with Crippen molar-refractivity contribution < 1.29 is 55.7 Å². The molecule has 1 fully saturated rings. The van der Waals surface area contributed by atoms with Gasteiger partial charge in [0.05, 0.1) is 12.0 Å². The summed E-state index contributed by atoms with van der Waals surface area (Å²) < 4.78 is 47.4. The first kappa shape index (κ1) is 45.2. The Labute approximate surface area is 297 Å². The predicted molar refractivity (Wildman–Crippen MR) is 185 cm³/mol. The van der Waals surface area contributed by atoms with Gasteiger partial charge in [0, 0.05) is 12.8 Å². The number of carbonyl (C=O) groups is 5. The van der Waals surface area contributed by atoms with Gasteiger partial charge in [0.15, 0.2) is 6.04 Å². The molecule has 16 heteroatoms. The van der Waals surface area contributed by atoms with Gasteiger partial charge >= 0.3 is 22.3 Å². The fourth-order valence-corrected chi connectivity index (χ4v) is 6.36. The van der Waals surface area contributed by atoms with Crippen LogP contribution in [0, 0.1) is 17.8 Å². The van der Waals surface area contributed by atoms with Crippen LogP contribution in [0.3, 0.4) is 0 Å². The average Bonchev–Trinajstić information content (AvgIpc) is 3.03. The minimum atomic E-state index is -5.09. The summed E-state index contributed by atoms with van der Waals surface area (Å²) >= 11 is 0. The number of ether oxygens (including phenoxy) is 2. The minimum Gasteiger partial charge on any atom is -0.463 e. The Morgan fingerprint density at radius 1 is 0.820 bits per heavy atom. The van der Waals surface area contributed by atoms with Gasteiger partial charge in [-0.2, -0.15) is 8.42 Å². The average molecular weight is 736 g/mol. The molecular weight excluding hydrogens is 674 g/mol.